The summed E-state index contributed by atoms with van der Waals surface area (Å²) in [5.74, 6) is 0.241. The third-order valence-electron chi connectivity index (χ3n) is 7.65. The molecular weight excluding hydrogens is 1300 g/mol. The molecule has 0 aliphatic heterocycles. The molecule has 10 N–H and O–H groups in total. The van der Waals surface area contributed by atoms with Crippen LogP contribution < -0.4 is 33.6 Å². The van der Waals surface area contributed by atoms with Crippen molar-refractivity contribution in [2.45, 2.75) is 51.8 Å². The number of hydrogen-bond acceptors (Lipinski definition) is 6. The maximum atomic E-state index is 11.6. The summed E-state index contributed by atoms with van der Waals surface area (Å²) in [6, 6.07) is 28.2. The van der Waals surface area contributed by atoms with Crippen molar-refractivity contribution in [3.63, 3.8) is 0 Å². The van der Waals surface area contributed by atoms with Crippen molar-refractivity contribution in [1.29, 1.82) is 0 Å². The molecule has 0 spiro atoms. The Morgan fingerprint density at radius 3 is 1.20 bits per heavy atom. The number of rotatable bonds is 13. The Kier molecular flexibility index (Phi) is 24.3. The Morgan fingerprint density at radius 2 is 0.883 bits per heavy atom. The smallest absolute Gasteiger partial charge is 0.218 e. The molecule has 4 aromatic rings. The molecule has 22 heteroatoms. The highest BCUT2D eigenvalue weighted by atomic mass is 127. The molecule has 4 rings (SSSR count). The summed E-state index contributed by atoms with van der Waals surface area (Å²) < 4.78 is 45.7. The quantitative estimate of drug-likeness (QED) is 0.0280. The van der Waals surface area contributed by atoms with Crippen LogP contribution in [0.2, 0.25) is 10.0 Å². The van der Waals surface area contributed by atoms with Crippen LogP contribution in [0.4, 0.5) is 11.4 Å². The van der Waals surface area contributed by atoms with Crippen LogP contribution in [0, 0.1) is 13.8 Å². The SMILES string of the molecule is Cc1ccc(S(=O)(=O)C(I)I)cc1.Cc1ccc(S(=O)(=O)C(I)I)cc1.NC(N)=NC(N)=NCCCCCCN=C(N)N=C(N)N(c1ccc(Cl)cc1)c1ccc(Cl)cc1. The lowest BCUT2D eigenvalue weighted by Gasteiger charge is -2.24. The van der Waals surface area contributed by atoms with Gasteiger partial charge in [-0.15, -0.1) is 0 Å². The Balaban J connectivity index is 0.000000386. The standard InChI is InChI=1S/C22H30Cl2N10.2C8H8I2O2S/c23-15-5-9-17(10-6-15)34(18-11-7-16(24)8-12-18)22(29)33-21(28)31-14-4-2-1-3-13-30-20(27)32-19(25)26;2*1-6-2-4-7(5-3-6)13(11,12)8(9)10/h5-12H,1-4,13-14H2,(H4,28,29,31,33)(H6,25,26,27,30,32);2*2-5,8H,1H3. The van der Waals surface area contributed by atoms with Gasteiger partial charge in [0, 0.05) is 34.5 Å². The van der Waals surface area contributed by atoms with E-state index >= 15 is 0 Å². The van der Waals surface area contributed by atoms with Crippen molar-refractivity contribution in [3.8, 4) is 0 Å². The molecule has 326 valence electrons. The zero-order valence-electron chi connectivity index (χ0n) is 32.5. The number of hydrogen-bond donors (Lipinski definition) is 5. The van der Waals surface area contributed by atoms with Gasteiger partial charge in [0.15, 0.2) is 28.2 Å². The van der Waals surface area contributed by atoms with Gasteiger partial charge in [-0.3, -0.25) is 14.9 Å². The minimum absolute atomic E-state index is 0.0825. The molecule has 4 aromatic carbocycles. The molecule has 0 radical (unpaired) electrons. The number of nitrogens with two attached hydrogens (primary N) is 5. The molecule has 0 fully saturated rings. The van der Waals surface area contributed by atoms with E-state index in [1.165, 1.54) is 0 Å². The normalized spacial score (nSPS) is 12.3. The van der Waals surface area contributed by atoms with Gasteiger partial charge >= 0.3 is 0 Å². The van der Waals surface area contributed by atoms with E-state index < -0.39 is 22.2 Å². The number of nitrogens with zero attached hydrogens (tertiary/aromatic N) is 5. The fraction of sp³-hybridized carbons (Fsp3) is 0.263. The number of anilines is 2. The van der Waals surface area contributed by atoms with Crippen molar-refractivity contribution in [2.24, 2.45) is 48.6 Å². The molecule has 0 amide bonds. The third-order valence-corrected chi connectivity index (χ3v) is 19.0. The zero-order chi connectivity index (χ0) is 45.0. The van der Waals surface area contributed by atoms with Crippen LogP contribution in [-0.2, 0) is 19.7 Å². The molecule has 0 unspecified atom stereocenters. The van der Waals surface area contributed by atoms with Crippen molar-refractivity contribution in [1.82, 2.24) is 0 Å². The summed E-state index contributed by atoms with van der Waals surface area (Å²) in [5.41, 5.74) is 32.0. The molecule has 60 heavy (non-hydrogen) atoms. The molecule has 0 heterocycles. The van der Waals surface area contributed by atoms with Crippen LogP contribution in [0.25, 0.3) is 0 Å². The Morgan fingerprint density at radius 1 is 0.550 bits per heavy atom. The van der Waals surface area contributed by atoms with Crippen molar-refractivity contribution in [3.05, 3.63) is 118 Å². The number of alkyl halides is 4. The van der Waals surface area contributed by atoms with Gasteiger partial charge in [-0.1, -0.05) is 162 Å². The van der Waals surface area contributed by atoms with E-state index in [4.69, 9.17) is 51.9 Å². The zero-order valence-corrected chi connectivity index (χ0v) is 44.2. The monoisotopic (exact) mass is 1350 g/mol. The van der Waals surface area contributed by atoms with E-state index in [-0.39, 0.29) is 23.8 Å². The van der Waals surface area contributed by atoms with E-state index in [0.29, 0.717) is 32.9 Å². The predicted octanol–water partition coefficient (Wildman–Crippen LogP) is 8.75. The Bertz CT molecular complexity index is 2170. The number of aryl methyl sites for hydroxylation is 2. The summed E-state index contributed by atoms with van der Waals surface area (Å²) >= 11 is 19.6. The number of unbranched alkanes of at least 4 members (excludes halogenated alkanes) is 3. The molecular formula is C38H46Cl2I4N10O4S2. The van der Waals surface area contributed by atoms with Crippen LogP contribution in [0.15, 0.2) is 127 Å². The van der Waals surface area contributed by atoms with Crippen LogP contribution in [0.5, 0.6) is 0 Å². The Hall–Kier alpha value is -2.24. The van der Waals surface area contributed by atoms with Gasteiger partial charge in [0.05, 0.1) is 9.79 Å². The molecule has 0 aromatic heterocycles. The molecule has 0 aliphatic carbocycles. The second-order valence-electron chi connectivity index (χ2n) is 12.4. The van der Waals surface area contributed by atoms with Crippen molar-refractivity contribution in [2.75, 3.05) is 18.0 Å². The first kappa shape index (κ1) is 53.9. The van der Waals surface area contributed by atoms with Gasteiger partial charge in [-0.05, 0) is 99.5 Å². The number of aliphatic imine (C=N–C) groups is 4. The lowest BCUT2D eigenvalue weighted by Crippen LogP contribution is -2.35. The molecule has 0 saturated heterocycles. The average Bonchev–Trinajstić information content (AvgIpc) is 3.18. The van der Waals surface area contributed by atoms with E-state index in [1.807, 2.05) is 153 Å². The van der Waals surface area contributed by atoms with Gasteiger partial charge in [0.2, 0.25) is 17.9 Å². The van der Waals surface area contributed by atoms with Gasteiger partial charge in [-0.25, -0.2) is 16.8 Å². The average molecular weight is 1350 g/mol. The van der Waals surface area contributed by atoms with Crippen LogP contribution in [-0.4, -0.2) is 56.3 Å². The fourth-order valence-corrected chi connectivity index (χ4v) is 9.81. The summed E-state index contributed by atoms with van der Waals surface area (Å²) in [4.78, 5) is 18.8. The van der Waals surface area contributed by atoms with Crippen LogP contribution in [0.3, 0.4) is 0 Å². The molecule has 0 bridgehead atoms. The minimum atomic E-state index is -3.12. The molecule has 0 aliphatic rings. The lowest BCUT2D eigenvalue weighted by molar-refractivity contribution is 0.599. The van der Waals surface area contributed by atoms with Gasteiger partial charge in [-0.2, -0.15) is 9.98 Å². The summed E-state index contributed by atoms with van der Waals surface area (Å²) in [6.45, 7) is 4.95. The first-order chi connectivity index (χ1) is 28.1. The van der Waals surface area contributed by atoms with E-state index in [2.05, 4.69) is 20.0 Å². The van der Waals surface area contributed by atoms with Crippen molar-refractivity contribution < 1.29 is 16.8 Å². The van der Waals surface area contributed by atoms with Crippen molar-refractivity contribution >= 4 is 168 Å². The first-order valence-corrected chi connectivity index (χ1v) is 26.5. The molecule has 0 atom stereocenters. The van der Waals surface area contributed by atoms with Gasteiger partial charge < -0.3 is 28.7 Å². The summed E-state index contributed by atoms with van der Waals surface area (Å²) in [6.07, 6.45) is 3.62. The largest absolute Gasteiger partial charge is 0.370 e. The van der Waals surface area contributed by atoms with Gasteiger partial charge in [0.1, 0.15) is 0 Å². The van der Waals surface area contributed by atoms with E-state index in [9.17, 15) is 16.8 Å². The topological polar surface area (TPSA) is 251 Å². The summed E-state index contributed by atoms with van der Waals surface area (Å²) in [7, 11) is -6.24. The molecule has 0 saturated carbocycles. The van der Waals surface area contributed by atoms with Gasteiger partial charge in [0.25, 0.3) is 0 Å². The first-order valence-electron chi connectivity index (χ1n) is 17.7. The van der Waals surface area contributed by atoms with E-state index in [1.54, 1.807) is 53.4 Å². The number of benzene rings is 4. The second-order valence-corrected chi connectivity index (χ2v) is 30.5. The molecule has 14 nitrogen and oxygen atoms in total. The highest BCUT2D eigenvalue weighted by Crippen LogP contribution is 2.29. The summed E-state index contributed by atoms with van der Waals surface area (Å²) in [5, 5.41) is 1.22. The predicted molar refractivity (Wildman–Crippen MR) is 284 cm³/mol. The van der Waals surface area contributed by atoms with Crippen LogP contribution in [0.1, 0.15) is 36.8 Å². The number of halogens is 6. The maximum absolute atomic E-state index is 11.6. The number of guanidine groups is 4. The lowest BCUT2D eigenvalue weighted by atomic mass is 10.2. The fourth-order valence-electron chi connectivity index (χ4n) is 4.59. The highest BCUT2D eigenvalue weighted by Gasteiger charge is 2.22. The highest BCUT2D eigenvalue weighted by molar-refractivity contribution is 14.2. The second kappa shape index (κ2) is 27.1. The third kappa shape index (κ3) is 19.4. The Labute approximate surface area is 417 Å². The van der Waals surface area contributed by atoms with E-state index in [0.717, 1.165) is 48.2 Å². The minimum Gasteiger partial charge on any atom is -0.370 e. The van der Waals surface area contributed by atoms with Crippen LogP contribution >= 0.6 is 114 Å². The maximum Gasteiger partial charge on any atom is 0.218 e. The number of sulfone groups is 2.